The molecule has 0 amide bonds. The van der Waals surface area contributed by atoms with E-state index in [0.29, 0.717) is 6.47 Å². The number of benzene rings is 2. The molecule has 2 aromatic heterocycles. The molecule has 0 spiro atoms. The quantitative estimate of drug-likeness (QED) is 0.153. The summed E-state index contributed by atoms with van der Waals surface area (Å²) in [5, 5.41) is 12.8. The Labute approximate surface area is 238 Å². The molecule has 0 saturated heterocycles. The maximum absolute atomic E-state index is 9.60. The molecule has 212 valence electrons. The summed E-state index contributed by atoms with van der Waals surface area (Å²) in [7, 11) is 4.95. The van der Waals surface area contributed by atoms with Crippen LogP contribution in [0.2, 0.25) is 0 Å². The molecule has 0 aliphatic rings. The summed E-state index contributed by atoms with van der Waals surface area (Å²) in [5.74, 6) is 0.833. The number of aryl methyl sites for hydroxylation is 1. The van der Waals surface area contributed by atoms with E-state index in [4.69, 9.17) is 5.11 Å². The molecule has 0 atom stereocenters. The molecule has 0 bridgehead atoms. The van der Waals surface area contributed by atoms with Gasteiger partial charge in [-0.05, 0) is 56.5 Å². The van der Waals surface area contributed by atoms with Crippen LogP contribution in [0, 0.1) is 5.92 Å². The first-order valence-electron chi connectivity index (χ1n) is 13.0. The van der Waals surface area contributed by atoms with Crippen LogP contribution in [0.3, 0.4) is 0 Å². The first kappa shape index (κ1) is 33.6. The fourth-order valence-electron chi connectivity index (χ4n) is 3.41. The number of nitrogens with one attached hydrogen (secondary N) is 1. The molecule has 7 heteroatoms. The van der Waals surface area contributed by atoms with Gasteiger partial charge in [0.15, 0.2) is 0 Å². The van der Waals surface area contributed by atoms with Gasteiger partial charge in [0.25, 0.3) is 6.47 Å². The average Bonchev–Trinajstić information content (AvgIpc) is 3.48. The summed E-state index contributed by atoms with van der Waals surface area (Å²) in [6.07, 6.45) is 0.952. The zero-order chi connectivity index (χ0) is 29.4. The number of hydrogen-bond donors (Lipinski definition) is 2. The van der Waals surface area contributed by atoms with Gasteiger partial charge in [0.2, 0.25) is 0 Å². The Bertz CT molecular complexity index is 1270. The Morgan fingerprint density at radius 3 is 2.13 bits per heavy atom. The SMILES string of the molecule is CC(C)(C)OC=O.CC(C)C.CN/N=C(\c1ccc(Cc2ccccc2)s1)c1cc2ccccc2n1C.CO. The second-order valence-electron chi connectivity index (χ2n) is 10.3. The lowest BCUT2D eigenvalue weighted by Gasteiger charge is -2.14. The summed E-state index contributed by atoms with van der Waals surface area (Å²) < 4.78 is 6.76. The van der Waals surface area contributed by atoms with Crippen molar-refractivity contribution in [2.45, 2.75) is 53.6 Å². The highest BCUT2D eigenvalue weighted by Crippen LogP contribution is 2.26. The number of carbonyl (C=O) groups is 1. The highest BCUT2D eigenvalue weighted by Gasteiger charge is 2.16. The number of para-hydroxylation sites is 1. The minimum Gasteiger partial charge on any atom is -0.462 e. The standard InChI is InChI=1S/C22H21N3S.C5H10O2.C4H10.CH4O/c1-23-24-22(20-15-17-10-6-7-11-19(17)25(20)2)21-13-12-18(26-21)14-16-8-4-3-5-9-16;1-5(2,3)7-4-6;1-4(2)3;1-2/h3-13,15,23H,14H2,1-2H3;4H,1-3H3;4H,1-3H3;2H,1H3/b24-22-;;;. The summed E-state index contributed by atoms with van der Waals surface area (Å²) >= 11 is 1.81. The smallest absolute Gasteiger partial charge is 0.293 e. The van der Waals surface area contributed by atoms with Crippen LogP contribution in [0.25, 0.3) is 10.9 Å². The number of nitrogens with zero attached hydrogens (tertiary/aromatic N) is 2. The van der Waals surface area contributed by atoms with Gasteiger partial charge < -0.3 is 19.8 Å². The molecular formula is C32H45N3O3S. The third kappa shape index (κ3) is 11.9. The van der Waals surface area contributed by atoms with Crippen LogP contribution in [0.15, 0.2) is 77.9 Å². The predicted octanol–water partition coefficient (Wildman–Crippen LogP) is 7.03. The number of rotatable bonds is 6. The van der Waals surface area contributed by atoms with Gasteiger partial charge in [-0.1, -0.05) is 69.3 Å². The first-order chi connectivity index (χ1) is 18.6. The van der Waals surface area contributed by atoms with Gasteiger partial charge >= 0.3 is 0 Å². The molecule has 2 heterocycles. The molecule has 4 aromatic rings. The highest BCUT2D eigenvalue weighted by molar-refractivity contribution is 7.14. The van der Waals surface area contributed by atoms with Gasteiger partial charge in [-0.2, -0.15) is 5.10 Å². The predicted molar refractivity (Wildman–Crippen MR) is 167 cm³/mol. The Balaban J connectivity index is 0.000000494. The number of thiophene rings is 1. The average molecular weight is 552 g/mol. The minimum absolute atomic E-state index is 0.318. The lowest BCUT2D eigenvalue weighted by Crippen LogP contribution is -2.17. The number of ether oxygens (including phenoxy) is 1. The molecular weight excluding hydrogens is 506 g/mol. The fourth-order valence-corrected chi connectivity index (χ4v) is 4.45. The third-order valence-electron chi connectivity index (χ3n) is 4.94. The van der Waals surface area contributed by atoms with Gasteiger partial charge in [-0.25, -0.2) is 0 Å². The molecule has 6 nitrogen and oxygen atoms in total. The van der Waals surface area contributed by atoms with E-state index >= 15 is 0 Å². The summed E-state index contributed by atoms with van der Waals surface area (Å²) in [6, 6.07) is 25.6. The summed E-state index contributed by atoms with van der Waals surface area (Å²) in [6.45, 7) is 12.4. The van der Waals surface area contributed by atoms with Crippen LogP contribution in [0.4, 0.5) is 0 Å². The topological polar surface area (TPSA) is 75.8 Å². The van der Waals surface area contributed by atoms with Crippen molar-refractivity contribution in [2.24, 2.45) is 18.1 Å². The van der Waals surface area contributed by atoms with E-state index in [1.165, 1.54) is 26.2 Å². The maximum atomic E-state index is 9.60. The van der Waals surface area contributed by atoms with Crippen molar-refractivity contribution in [3.63, 3.8) is 0 Å². The fraction of sp³-hybridized carbons (Fsp3) is 0.375. The Morgan fingerprint density at radius 1 is 1.03 bits per heavy atom. The number of fused-ring (bicyclic) bond motifs is 1. The summed E-state index contributed by atoms with van der Waals surface area (Å²) in [5.41, 5.74) is 7.31. The number of hydrogen-bond acceptors (Lipinski definition) is 6. The van der Waals surface area contributed by atoms with E-state index in [0.717, 1.165) is 30.9 Å². The van der Waals surface area contributed by atoms with Crippen molar-refractivity contribution in [2.75, 3.05) is 14.2 Å². The molecule has 0 radical (unpaired) electrons. The molecule has 2 aromatic carbocycles. The first-order valence-corrected chi connectivity index (χ1v) is 13.9. The Hall–Kier alpha value is -3.42. The van der Waals surface area contributed by atoms with Gasteiger partial charge in [0.1, 0.15) is 11.3 Å². The number of aliphatic hydroxyl groups excluding tert-OH is 1. The van der Waals surface area contributed by atoms with Gasteiger partial charge in [0, 0.05) is 43.4 Å². The van der Waals surface area contributed by atoms with Gasteiger partial charge in [-0.3, -0.25) is 4.79 Å². The van der Waals surface area contributed by atoms with Crippen LogP contribution >= 0.6 is 11.3 Å². The zero-order valence-corrected chi connectivity index (χ0v) is 25.7. The largest absolute Gasteiger partial charge is 0.462 e. The van der Waals surface area contributed by atoms with Crippen LogP contribution in [-0.2, 0) is 23.0 Å². The van der Waals surface area contributed by atoms with E-state index in [1.807, 2.05) is 27.8 Å². The Morgan fingerprint density at radius 2 is 1.62 bits per heavy atom. The molecule has 0 fully saturated rings. The van der Waals surface area contributed by atoms with E-state index in [2.05, 4.69) is 120 Å². The van der Waals surface area contributed by atoms with Gasteiger partial charge in [0.05, 0.1) is 10.6 Å². The Kier molecular flexibility index (Phi) is 14.8. The highest BCUT2D eigenvalue weighted by atomic mass is 32.1. The summed E-state index contributed by atoms with van der Waals surface area (Å²) in [4.78, 5) is 12.1. The second-order valence-corrected chi connectivity index (χ2v) is 11.5. The van der Waals surface area contributed by atoms with E-state index in [1.54, 1.807) is 11.3 Å². The van der Waals surface area contributed by atoms with E-state index < -0.39 is 0 Å². The van der Waals surface area contributed by atoms with Crippen molar-refractivity contribution >= 4 is 34.4 Å². The van der Waals surface area contributed by atoms with E-state index in [-0.39, 0.29) is 5.60 Å². The van der Waals surface area contributed by atoms with Crippen LogP contribution < -0.4 is 5.43 Å². The zero-order valence-electron chi connectivity index (χ0n) is 24.9. The molecule has 39 heavy (non-hydrogen) atoms. The molecule has 4 rings (SSSR count). The van der Waals surface area contributed by atoms with Crippen molar-refractivity contribution in [1.29, 1.82) is 0 Å². The number of aliphatic hydroxyl groups is 1. The van der Waals surface area contributed by atoms with Crippen molar-refractivity contribution in [3.8, 4) is 0 Å². The number of hydrazone groups is 1. The van der Waals surface area contributed by atoms with Crippen molar-refractivity contribution in [1.82, 2.24) is 9.99 Å². The second kappa shape index (κ2) is 17.2. The molecule has 0 saturated carbocycles. The van der Waals surface area contributed by atoms with E-state index in [9.17, 15) is 4.79 Å². The monoisotopic (exact) mass is 551 g/mol. The number of carbonyl (C=O) groups excluding carboxylic acids is 1. The molecule has 0 aliphatic heterocycles. The van der Waals surface area contributed by atoms with Crippen molar-refractivity contribution < 1.29 is 14.6 Å². The maximum Gasteiger partial charge on any atom is 0.293 e. The third-order valence-corrected chi connectivity index (χ3v) is 6.03. The van der Waals surface area contributed by atoms with Crippen LogP contribution in [-0.4, -0.2) is 41.6 Å². The van der Waals surface area contributed by atoms with Crippen LogP contribution in [0.5, 0.6) is 0 Å². The lowest BCUT2D eigenvalue weighted by atomic mass is 10.1. The minimum atomic E-state index is -0.318. The lowest BCUT2D eigenvalue weighted by molar-refractivity contribution is -0.138. The van der Waals surface area contributed by atoms with Gasteiger partial charge in [-0.15, -0.1) is 11.3 Å². The number of aromatic nitrogens is 1. The normalized spacial score (nSPS) is 10.9. The molecule has 0 unspecified atom stereocenters. The van der Waals surface area contributed by atoms with Crippen molar-refractivity contribution in [3.05, 3.63) is 93.8 Å². The van der Waals surface area contributed by atoms with Crippen LogP contribution in [0.1, 0.15) is 62.6 Å². The molecule has 0 aliphatic carbocycles. The molecule has 2 N–H and O–H groups in total.